The summed E-state index contributed by atoms with van der Waals surface area (Å²) in [6.45, 7) is 0.117. The van der Waals surface area contributed by atoms with E-state index in [0.717, 1.165) is 12.8 Å². The first-order valence-corrected chi connectivity index (χ1v) is 9.97. The van der Waals surface area contributed by atoms with E-state index in [0.29, 0.717) is 12.3 Å². The SMILES string of the molecule is COc1ccc(OC)c(S(=O)(=O)NCC(=O)NCCCc2ccccc2)c1. The van der Waals surface area contributed by atoms with Crippen molar-refractivity contribution in [3.8, 4) is 11.5 Å². The molecule has 0 fully saturated rings. The van der Waals surface area contributed by atoms with Crippen molar-refractivity contribution in [3.63, 3.8) is 0 Å². The highest BCUT2D eigenvalue weighted by Crippen LogP contribution is 2.27. The van der Waals surface area contributed by atoms with Crippen LogP contribution < -0.4 is 19.5 Å². The lowest BCUT2D eigenvalue weighted by Gasteiger charge is -2.12. The third-order valence-electron chi connectivity index (χ3n) is 3.89. The number of carbonyl (C=O) groups is 1. The van der Waals surface area contributed by atoms with Crippen LogP contribution in [0.2, 0.25) is 0 Å². The molecule has 2 aromatic carbocycles. The fraction of sp³-hybridized carbons (Fsp3) is 0.316. The maximum atomic E-state index is 12.5. The molecule has 146 valence electrons. The van der Waals surface area contributed by atoms with Gasteiger partial charge in [0.2, 0.25) is 15.9 Å². The van der Waals surface area contributed by atoms with E-state index in [1.807, 2.05) is 30.3 Å². The first-order valence-electron chi connectivity index (χ1n) is 8.48. The Morgan fingerprint density at radius 2 is 1.78 bits per heavy atom. The van der Waals surface area contributed by atoms with Crippen molar-refractivity contribution < 1.29 is 22.7 Å². The predicted molar refractivity (Wildman–Crippen MR) is 103 cm³/mol. The van der Waals surface area contributed by atoms with E-state index in [1.54, 1.807) is 6.07 Å². The Balaban J connectivity index is 1.85. The first kappa shape index (κ1) is 20.7. The zero-order chi connectivity index (χ0) is 19.7. The monoisotopic (exact) mass is 392 g/mol. The van der Waals surface area contributed by atoms with Crippen molar-refractivity contribution >= 4 is 15.9 Å². The van der Waals surface area contributed by atoms with Crippen LogP contribution >= 0.6 is 0 Å². The van der Waals surface area contributed by atoms with Crippen molar-refractivity contribution in [1.82, 2.24) is 10.0 Å². The molecule has 0 bridgehead atoms. The lowest BCUT2D eigenvalue weighted by molar-refractivity contribution is -0.119. The number of rotatable bonds is 10. The van der Waals surface area contributed by atoms with E-state index in [4.69, 9.17) is 9.47 Å². The van der Waals surface area contributed by atoms with E-state index in [1.165, 1.54) is 31.9 Å². The molecule has 0 saturated carbocycles. The van der Waals surface area contributed by atoms with E-state index < -0.39 is 15.9 Å². The van der Waals surface area contributed by atoms with Crippen LogP contribution in [-0.4, -0.2) is 41.6 Å². The Hall–Kier alpha value is -2.58. The Bertz CT molecular complexity index is 854. The largest absolute Gasteiger partial charge is 0.497 e. The molecule has 2 aromatic rings. The van der Waals surface area contributed by atoms with Gasteiger partial charge in [-0.15, -0.1) is 0 Å². The van der Waals surface area contributed by atoms with Gasteiger partial charge in [-0.25, -0.2) is 13.1 Å². The van der Waals surface area contributed by atoms with Crippen molar-refractivity contribution in [2.45, 2.75) is 17.7 Å². The number of ether oxygens (including phenoxy) is 2. The average molecular weight is 392 g/mol. The Morgan fingerprint density at radius 3 is 2.44 bits per heavy atom. The molecule has 0 aliphatic carbocycles. The highest BCUT2D eigenvalue weighted by atomic mass is 32.2. The van der Waals surface area contributed by atoms with E-state index >= 15 is 0 Å². The minimum Gasteiger partial charge on any atom is -0.497 e. The molecule has 0 aromatic heterocycles. The minimum absolute atomic E-state index is 0.0822. The molecule has 1 amide bonds. The number of carbonyl (C=O) groups excluding carboxylic acids is 1. The second kappa shape index (κ2) is 9.94. The molecule has 0 unspecified atom stereocenters. The molecule has 2 N–H and O–H groups in total. The maximum absolute atomic E-state index is 12.5. The van der Waals surface area contributed by atoms with E-state index in [2.05, 4.69) is 10.0 Å². The molecule has 7 nitrogen and oxygen atoms in total. The van der Waals surface area contributed by atoms with Gasteiger partial charge in [-0.2, -0.15) is 0 Å². The lowest BCUT2D eigenvalue weighted by Crippen LogP contribution is -2.37. The highest BCUT2D eigenvalue weighted by Gasteiger charge is 2.21. The van der Waals surface area contributed by atoms with E-state index in [9.17, 15) is 13.2 Å². The number of aryl methyl sites for hydroxylation is 1. The standard InChI is InChI=1S/C19H24N2O5S/c1-25-16-10-11-17(26-2)18(13-16)27(23,24)21-14-19(22)20-12-6-9-15-7-4-3-5-8-15/h3-5,7-8,10-11,13,21H,6,9,12,14H2,1-2H3,(H,20,22). The lowest BCUT2D eigenvalue weighted by atomic mass is 10.1. The molecule has 0 heterocycles. The summed E-state index contributed by atoms with van der Waals surface area (Å²) in [6, 6.07) is 14.4. The number of nitrogens with one attached hydrogen (secondary N) is 2. The summed E-state index contributed by atoms with van der Waals surface area (Å²) in [7, 11) is -1.11. The number of sulfonamides is 1. The average Bonchev–Trinajstić information content (AvgIpc) is 2.70. The van der Waals surface area contributed by atoms with E-state index in [-0.39, 0.29) is 17.2 Å². The highest BCUT2D eigenvalue weighted by molar-refractivity contribution is 7.89. The van der Waals surface area contributed by atoms with Gasteiger partial charge in [-0.1, -0.05) is 30.3 Å². The van der Waals surface area contributed by atoms with Gasteiger partial charge in [0.05, 0.1) is 20.8 Å². The summed E-state index contributed by atoms with van der Waals surface area (Å²) in [5.41, 5.74) is 1.19. The summed E-state index contributed by atoms with van der Waals surface area (Å²) in [4.78, 5) is 11.8. The van der Waals surface area contributed by atoms with Gasteiger partial charge in [-0.05, 0) is 30.5 Å². The molecule has 0 radical (unpaired) electrons. The van der Waals surface area contributed by atoms with Crippen LogP contribution in [-0.2, 0) is 21.2 Å². The number of methoxy groups -OCH3 is 2. The van der Waals surface area contributed by atoms with Gasteiger partial charge in [0, 0.05) is 12.6 Å². The van der Waals surface area contributed by atoms with Crippen molar-refractivity contribution in [2.75, 3.05) is 27.3 Å². The molecular weight excluding hydrogens is 368 g/mol. The van der Waals surface area contributed by atoms with Crippen molar-refractivity contribution in [2.24, 2.45) is 0 Å². The molecule has 0 spiro atoms. The maximum Gasteiger partial charge on any atom is 0.244 e. The normalized spacial score (nSPS) is 11.0. The topological polar surface area (TPSA) is 93.7 Å². The summed E-state index contributed by atoms with van der Waals surface area (Å²) in [6.07, 6.45) is 1.61. The van der Waals surface area contributed by atoms with Gasteiger partial charge in [-0.3, -0.25) is 4.79 Å². The molecule has 0 aliphatic rings. The second-order valence-electron chi connectivity index (χ2n) is 5.78. The van der Waals surface area contributed by atoms with Crippen LogP contribution in [0.4, 0.5) is 0 Å². The molecule has 2 rings (SSSR count). The van der Waals surface area contributed by atoms with Crippen molar-refractivity contribution in [1.29, 1.82) is 0 Å². The zero-order valence-electron chi connectivity index (χ0n) is 15.4. The summed E-state index contributed by atoms with van der Waals surface area (Å²) >= 11 is 0. The van der Waals surface area contributed by atoms with Gasteiger partial charge < -0.3 is 14.8 Å². The first-order chi connectivity index (χ1) is 13.0. The molecule has 27 heavy (non-hydrogen) atoms. The van der Waals surface area contributed by atoms with Gasteiger partial charge >= 0.3 is 0 Å². The number of amides is 1. The number of hydrogen-bond donors (Lipinski definition) is 2. The zero-order valence-corrected chi connectivity index (χ0v) is 16.2. The molecule has 0 aliphatic heterocycles. The molecule has 8 heteroatoms. The Morgan fingerprint density at radius 1 is 1.04 bits per heavy atom. The quantitative estimate of drug-likeness (QED) is 0.601. The van der Waals surface area contributed by atoms with Gasteiger partial charge in [0.25, 0.3) is 0 Å². The fourth-order valence-corrected chi connectivity index (χ4v) is 3.62. The van der Waals surface area contributed by atoms with Crippen LogP contribution in [0.15, 0.2) is 53.4 Å². The number of hydrogen-bond acceptors (Lipinski definition) is 5. The van der Waals surface area contributed by atoms with Crippen LogP contribution in [0.3, 0.4) is 0 Å². The summed E-state index contributed by atoms with van der Waals surface area (Å²) in [5, 5.41) is 2.71. The van der Waals surface area contributed by atoms with Gasteiger partial charge in [0.15, 0.2) is 0 Å². The minimum atomic E-state index is -3.92. The third-order valence-corrected chi connectivity index (χ3v) is 5.31. The molecular formula is C19H24N2O5S. The van der Waals surface area contributed by atoms with Gasteiger partial charge in [0.1, 0.15) is 16.4 Å². The van der Waals surface area contributed by atoms with Crippen LogP contribution in [0.25, 0.3) is 0 Å². The summed E-state index contributed by atoms with van der Waals surface area (Å²) in [5.74, 6) is 0.154. The Kier molecular flexibility index (Phi) is 7.63. The number of benzene rings is 2. The Labute approximate surface area is 159 Å². The smallest absolute Gasteiger partial charge is 0.244 e. The van der Waals surface area contributed by atoms with Crippen LogP contribution in [0, 0.1) is 0 Å². The second-order valence-corrected chi connectivity index (χ2v) is 7.52. The molecule has 0 saturated heterocycles. The molecule has 0 atom stereocenters. The van der Waals surface area contributed by atoms with Crippen molar-refractivity contribution in [3.05, 3.63) is 54.1 Å². The summed E-state index contributed by atoms with van der Waals surface area (Å²) < 4.78 is 37.4. The van der Waals surface area contributed by atoms with Crippen LogP contribution in [0.1, 0.15) is 12.0 Å². The van der Waals surface area contributed by atoms with Crippen LogP contribution in [0.5, 0.6) is 11.5 Å². The third kappa shape index (κ3) is 6.26. The predicted octanol–water partition coefficient (Wildman–Crippen LogP) is 1.73. The fourth-order valence-electron chi connectivity index (χ4n) is 2.46.